The summed E-state index contributed by atoms with van der Waals surface area (Å²) in [5.41, 5.74) is 0.601. The fourth-order valence-corrected chi connectivity index (χ4v) is 3.05. The molecule has 1 aromatic heterocycles. The minimum absolute atomic E-state index is 0.309. The van der Waals surface area contributed by atoms with Gasteiger partial charge in [0.05, 0.1) is 0 Å². The number of amides is 1. The number of likely N-dealkylation sites (tertiary alicyclic amines) is 1. The smallest absolute Gasteiger partial charge is 0.415 e. The minimum atomic E-state index is -0.513. The third-order valence-electron chi connectivity index (χ3n) is 4.13. The van der Waals surface area contributed by atoms with Crippen molar-refractivity contribution in [3.05, 3.63) is 23.9 Å². The van der Waals surface area contributed by atoms with Gasteiger partial charge in [0.2, 0.25) is 0 Å². The van der Waals surface area contributed by atoms with Gasteiger partial charge in [0, 0.05) is 24.3 Å². The van der Waals surface area contributed by atoms with Gasteiger partial charge in [-0.15, -0.1) is 0 Å². The summed E-state index contributed by atoms with van der Waals surface area (Å²) in [7, 11) is 2.14. The van der Waals surface area contributed by atoms with Crippen molar-refractivity contribution in [3.63, 3.8) is 0 Å². The molecule has 1 fully saturated rings. The minimum Gasteiger partial charge on any atom is -0.443 e. The van der Waals surface area contributed by atoms with Gasteiger partial charge in [-0.1, -0.05) is 12.5 Å². The summed E-state index contributed by atoms with van der Waals surface area (Å²) in [6.45, 7) is 9.22. The number of hydrogen-bond donors (Lipinski definition) is 0. The highest BCUT2D eigenvalue weighted by Crippen LogP contribution is 2.34. The monoisotopic (exact) mass is 319 g/mol. The summed E-state index contributed by atoms with van der Waals surface area (Å²) < 4.78 is 5.55. The molecular formula is C18H29N3O2. The Morgan fingerprint density at radius 1 is 1.43 bits per heavy atom. The molecular weight excluding hydrogens is 290 g/mol. The van der Waals surface area contributed by atoms with Crippen LogP contribution in [0.2, 0.25) is 0 Å². The molecule has 0 aliphatic carbocycles. The van der Waals surface area contributed by atoms with Crippen LogP contribution in [-0.2, 0) is 4.74 Å². The normalized spacial score (nSPS) is 19.4. The standard InChI is InChI=1S/C18H29N3O2/c1-6-21(17(22)23-18(2,3)4)16-14(10-9-12-19-16)15-11-7-8-13-20(15)5/h9-10,12,15H,6-8,11,13H2,1-5H3. The number of aromatic nitrogens is 1. The first-order valence-corrected chi connectivity index (χ1v) is 8.49. The van der Waals surface area contributed by atoms with Crippen LogP contribution in [-0.4, -0.2) is 41.7 Å². The predicted octanol–water partition coefficient (Wildman–Crippen LogP) is 4.00. The number of rotatable bonds is 3. The Balaban J connectivity index is 2.32. The summed E-state index contributed by atoms with van der Waals surface area (Å²) in [4.78, 5) is 21.1. The van der Waals surface area contributed by atoms with E-state index in [2.05, 4.69) is 23.0 Å². The van der Waals surface area contributed by atoms with E-state index in [0.717, 1.165) is 24.3 Å². The lowest BCUT2D eigenvalue weighted by Gasteiger charge is -2.35. The lowest BCUT2D eigenvalue weighted by atomic mass is 9.96. The SMILES string of the molecule is CCN(C(=O)OC(C)(C)C)c1ncccc1C1CCCCN1C. The van der Waals surface area contributed by atoms with Crippen molar-refractivity contribution in [2.24, 2.45) is 0 Å². The first kappa shape index (κ1) is 17.7. The summed E-state index contributed by atoms with van der Waals surface area (Å²) in [6, 6.07) is 4.34. The fraction of sp³-hybridized carbons (Fsp3) is 0.667. The largest absolute Gasteiger partial charge is 0.443 e. The number of nitrogens with zero attached hydrogens (tertiary/aromatic N) is 3. The van der Waals surface area contributed by atoms with Crippen LogP contribution < -0.4 is 4.90 Å². The average Bonchev–Trinajstić information content (AvgIpc) is 2.47. The molecule has 0 N–H and O–H groups in total. The van der Waals surface area contributed by atoms with Crippen molar-refractivity contribution >= 4 is 11.9 Å². The third-order valence-corrected chi connectivity index (χ3v) is 4.13. The lowest BCUT2D eigenvalue weighted by molar-refractivity contribution is 0.0580. The molecule has 1 unspecified atom stereocenters. The van der Waals surface area contributed by atoms with Crippen LogP contribution in [0.1, 0.15) is 58.6 Å². The summed E-state index contributed by atoms with van der Waals surface area (Å²) in [5, 5.41) is 0. The molecule has 1 saturated heterocycles. The number of anilines is 1. The molecule has 0 aromatic carbocycles. The third kappa shape index (κ3) is 4.44. The van der Waals surface area contributed by atoms with Gasteiger partial charge in [-0.2, -0.15) is 0 Å². The second-order valence-corrected chi connectivity index (χ2v) is 7.13. The van der Waals surface area contributed by atoms with Gasteiger partial charge in [-0.3, -0.25) is 9.80 Å². The van der Waals surface area contributed by atoms with Crippen LogP contribution in [0.3, 0.4) is 0 Å². The van der Waals surface area contributed by atoms with Gasteiger partial charge in [0.25, 0.3) is 0 Å². The van der Waals surface area contributed by atoms with Crippen molar-refractivity contribution in [3.8, 4) is 0 Å². The summed E-state index contributed by atoms with van der Waals surface area (Å²) in [6.07, 6.45) is 4.95. The fourth-order valence-electron chi connectivity index (χ4n) is 3.05. The van der Waals surface area contributed by atoms with E-state index in [-0.39, 0.29) is 6.09 Å². The second kappa shape index (κ2) is 7.30. The Bertz CT molecular complexity index is 539. The van der Waals surface area contributed by atoms with Gasteiger partial charge >= 0.3 is 6.09 Å². The van der Waals surface area contributed by atoms with Crippen molar-refractivity contribution in [1.82, 2.24) is 9.88 Å². The topological polar surface area (TPSA) is 45.7 Å². The molecule has 0 radical (unpaired) electrons. The van der Waals surface area contributed by atoms with E-state index >= 15 is 0 Å². The number of carbonyl (C=O) groups is 1. The molecule has 1 amide bonds. The number of ether oxygens (including phenoxy) is 1. The Labute approximate surface area is 139 Å². The van der Waals surface area contributed by atoms with Gasteiger partial charge in [0.1, 0.15) is 11.4 Å². The molecule has 5 nitrogen and oxygen atoms in total. The van der Waals surface area contributed by atoms with E-state index in [1.54, 1.807) is 11.1 Å². The average molecular weight is 319 g/mol. The van der Waals surface area contributed by atoms with Crippen molar-refractivity contribution < 1.29 is 9.53 Å². The number of carbonyl (C=O) groups excluding carboxylic acids is 1. The second-order valence-electron chi connectivity index (χ2n) is 7.13. The van der Waals surface area contributed by atoms with Gasteiger partial charge in [-0.05, 0) is 60.2 Å². The van der Waals surface area contributed by atoms with E-state index in [1.165, 1.54) is 12.8 Å². The molecule has 23 heavy (non-hydrogen) atoms. The molecule has 0 bridgehead atoms. The Hall–Kier alpha value is -1.62. The molecule has 0 saturated carbocycles. The molecule has 2 rings (SSSR count). The maximum atomic E-state index is 12.6. The van der Waals surface area contributed by atoms with E-state index in [1.807, 2.05) is 33.8 Å². The highest BCUT2D eigenvalue weighted by molar-refractivity contribution is 5.87. The van der Waals surface area contributed by atoms with Crippen molar-refractivity contribution in [2.75, 3.05) is 25.0 Å². The van der Waals surface area contributed by atoms with E-state index in [9.17, 15) is 4.79 Å². The zero-order valence-electron chi connectivity index (χ0n) is 15.0. The molecule has 128 valence electrons. The summed E-state index contributed by atoms with van der Waals surface area (Å²) >= 11 is 0. The molecule has 1 aliphatic rings. The number of piperidine rings is 1. The molecule has 1 aliphatic heterocycles. The van der Waals surface area contributed by atoms with E-state index in [4.69, 9.17) is 4.74 Å². The van der Waals surface area contributed by atoms with Gasteiger partial charge in [0.15, 0.2) is 0 Å². The molecule has 2 heterocycles. The lowest BCUT2D eigenvalue weighted by Crippen LogP contribution is -2.39. The highest BCUT2D eigenvalue weighted by atomic mass is 16.6. The van der Waals surface area contributed by atoms with Crippen molar-refractivity contribution in [2.45, 2.75) is 58.6 Å². The molecule has 1 atom stereocenters. The highest BCUT2D eigenvalue weighted by Gasteiger charge is 2.29. The van der Waals surface area contributed by atoms with Crippen LogP contribution in [0.5, 0.6) is 0 Å². The van der Waals surface area contributed by atoms with Gasteiger partial charge in [-0.25, -0.2) is 9.78 Å². The summed E-state index contributed by atoms with van der Waals surface area (Å²) in [5.74, 6) is 0.725. The van der Waals surface area contributed by atoms with Crippen LogP contribution in [0.15, 0.2) is 18.3 Å². The number of pyridine rings is 1. The zero-order valence-corrected chi connectivity index (χ0v) is 15.0. The zero-order chi connectivity index (χ0) is 17.0. The Morgan fingerprint density at radius 2 is 2.17 bits per heavy atom. The first-order valence-electron chi connectivity index (χ1n) is 8.49. The van der Waals surface area contributed by atoms with Gasteiger partial charge < -0.3 is 4.74 Å². The molecule has 0 spiro atoms. The first-order chi connectivity index (χ1) is 10.8. The van der Waals surface area contributed by atoms with Crippen LogP contribution in [0.4, 0.5) is 10.6 Å². The Kier molecular flexibility index (Phi) is 5.63. The van der Waals surface area contributed by atoms with E-state index < -0.39 is 5.60 Å². The Morgan fingerprint density at radius 3 is 2.78 bits per heavy atom. The molecule has 5 heteroatoms. The maximum absolute atomic E-state index is 12.6. The van der Waals surface area contributed by atoms with Crippen molar-refractivity contribution in [1.29, 1.82) is 0 Å². The van der Waals surface area contributed by atoms with Crippen LogP contribution in [0, 0.1) is 0 Å². The quantitative estimate of drug-likeness (QED) is 0.845. The predicted molar refractivity (Wildman–Crippen MR) is 92.7 cm³/mol. The van der Waals surface area contributed by atoms with Crippen LogP contribution in [0.25, 0.3) is 0 Å². The maximum Gasteiger partial charge on any atom is 0.415 e. The molecule has 1 aromatic rings. The number of hydrogen-bond acceptors (Lipinski definition) is 4. The van der Waals surface area contributed by atoms with E-state index in [0.29, 0.717) is 12.6 Å². The van der Waals surface area contributed by atoms with Crippen LogP contribution >= 0.6 is 0 Å².